The second kappa shape index (κ2) is 5.96. The second-order valence-electron chi connectivity index (χ2n) is 4.33. The number of nitrogens with zero attached hydrogens (tertiary/aromatic N) is 2. The summed E-state index contributed by atoms with van der Waals surface area (Å²) in [5.74, 6) is 2.66. The van der Waals surface area contributed by atoms with Gasteiger partial charge in [-0.1, -0.05) is 5.16 Å². The highest BCUT2D eigenvalue weighted by Gasteiger charge is 2.18. The number of hydrogen-bond acceptors (Lipinski definition) is 6. The van der Waals surface area contributed by atoms with Crippen molar-refractivity contribution in [1.29, 1.82) is 0 Å². The Morgan fingerprint density at radius 1 is 1.50 bits per heavy atom. The van der Waals surface area contributed by atoms with Crippen molar-refractivity contribution in [1.82, 2.24) is 10.1 Å². The van der Waals surface area contributed by atoms with Crippen LogP contribution in [0.2, 0.25) is 0 Å². The van der Waals surface area contributed by atoms with E-state index in [1.165, 1.54) is 6.26 Å². The Balaban J connectivity index is 1.68. The van der Waals surface area contributed by atoms with E-state index in [0.717, 1.165) is 17.9 Å². The number of carbonyl (C=O) groups excluding carboxylic acids is 1. The summed E-state index contributed by atoms with van der Waals surface area (Å²) in [5.41, 5.74) is 0.476. The minimum atomic E-state index is -0.271. The SMILES string of the molecule is O=C(Nc1ccon1)c1ccnc(OC2CCSC2)c1. The lowest BCUT2D eigenvalue weighted by molar-refractivity contribution is 0.102. The second-order valence-corrected chi connectivity index (χ2v) is 5.47. The number of ether oxygens (including phenoxy) is 1. The maximum Gasteiger partial charge on any atom is 0.257 e. The molecule has 0 saturated carbocycles. The van der Waals surface area contributed by atoms with E-state index >= 15 is 0 Å². The minimum Gasteiger partial charge on any atom is -0.473 e. The number of aromatic nitrogens is 2. The predicted octanol–water partition coefficient (Wildman–Crippen LogP) is 2.21. The molecular weight excluding hydrogens is 278 g/mol. The summed E-state index contributed by atoms with van der Waals surface area (Å²) >= 11 is 1.86. The zero-order valence-corrected chi connectivity index (χ0v) is 11.4. The van der Waals surface area contributed by atoms with Crippen LogP contribution in [-0.2, 0) is 0 Å². The largest absolute Gasteiger partial charge is 0.473 e. The smallest absolute Gasteiger partial charge is 0.257 e. The van der Waals surface area contributed by atoms with E-state index in [-0.39, 0.29) is 12.0 Å². The summed E-state index contributed by atoms with van der Waals surface area (Å²) in [6.45, 7) is 0. The van der Waals surface area contributed by atoms with E-state index in [1.807, 2.05) is 11.8 Å². The number of thioether (sulfide) groups is 1. The molecule has 1 atom stereocenters. The molecule has 1 aliphatic heterocycles. The minimum absolute atomic E-state index is 0.182. The van der Waals surface area contributed by atoms with Crippen LogP contribution in [-0.4, -0.2) is 33.7 Å². The van der Waals surface area contributed by atoms with Crippen LogP contribution in [0.4, 0.5) is 5.82 Å². The third-order valence-corrected chi connectivity index (χ3v) is 3.98. The zero-order chi connectivity index (χ0) is 13.8. The monoisotopic (exact) mass is 291 g/mol. The molecule has 1 saturated heterocycles. The van der Waals surface area contributed by atoms with Crippen molar-refractivity contribution in [2.24, 2.45) is 0 Å². The molecular formula is C13H13N3O3S. The molecule has 1 fully saturated rings. The molecule has 2 aromatic heterocycles. The molecule has 1 N–H and O–H groups in total. The van der Waals surface area contributed by atoms with Crippen molar-refractivity contribution in [3.8, 4) is 5.88 Å². The Bertz CT molecular complexity index is 582. The van der Waals surface area contributed by atoms with Gasteiger partial charge in [0.25, 0.3) is 5.91 Å². The highest BCUT2D eigenvalue weighted by molar-refractivity contribution is 7.99. The summed E-state index contributed by atoms with van der Waals surface area (Å²) in [6, 6.07) is 4.84. The van der Waals surface area contributed by atoms with E-state index in [9.17, 15) is 4.79 Å². The molecule has 20 heavy (non-hydrogen) atoms. The van der Waals surface area contributed by atoms with Crippen LogP contribution >= 0.6 is 11.8 Å². The summed E-state index contributed by atoms with van der Waals surface area (Å²) in [5, 5.41) is 6.26. The van der Waals surface area contributed by atoms with Crippen LogP contribution in [0.25, 0.3) is 0 Å². The highest BCUT2D eigenvalue weighted by atomic mass is 32.2. The number of pyridine rings is 1. The highest BCUT2D eigenvalue weighted by Crippen LogP contribution is 2.22. The van der Waals surface area contributed by atoms with Crippen molar-refractivity contribution >= 4 is 23.5 Å². The molecule has 0 radical (unpaired) electrons. The van der Waals surface area contributed by atoms with Gasteiger partial charge in [-0.15, -0.1) is 0 Å². The summed E-state index contributed by atoms with van der Waals surface area (Å²) in [4.78, 5) is 16.2. The maximum absolute atomic E-state index is 12.0. The molecule has 1 aliphatic rings. The molecule has 104 valence electrons. The van der Waals surface area contributed by atoms with Crippen molar-refractivity contribution < 1.29 is 14.1 Å². The number of amides is 1. The first kappa shape index (κ1) is 13.0. The first-order valence-corrected chi connectivity index (χ1v) is 7.39. The first-order valence-electron chi connectivity index (χ1n) is 6.23. The molecule has 3 rings (SSSR count). The van der Waals surface area contributed by atoms with Gasteiger partial charge in [0.1, 0.15) is 12.4 Å². The Morgan fingerprint density at radius 2 is 2.45 bits per heavy atom. The van der Waals surface area contributed by atoms with Gasteiger partial charge in [0, 0.05) is 29.6 Å². The number of anilines is 1. The summed E-state index contributed by atoms with van der Waals surface area (Å²) in [6.07, 6.45) is 4.16. The van der Waals surface area contributed by atoms with Crippen LogP contribution in [0, 0.1) is 0 Å². The van der Waals surface area contributed by atoms with Crippen molar-refractivity contribution in [3.05, 3.63) is 36.2 Å². The number of carbonyl (C=O) groups is 1. The fourth-order valence-corrected chi connectivity index (χ4v) is 2.95. The van der Waals surface area contributed by atoms with Gasteiger partial charge in [0.2, 0.25) is 5.88 Å². The lowest BCUT2D eigenvalue weighted by Gasteiger charge is -2.11. The zero-order valence-electron chi connectivity index (χ0n) is 10.6. The van der Waals surface area contributed by atoms with Gasteiger partial charge in [0.15, 0.2) is 5.82 Å². The number of nitrogens with one attached hydrogen (secondary N) is 1. The Labute approximate surface area is 119 Å². The van der Waals surface area contributed by atoms with E-state index < -0.39 is 0 Å². The third-order valence-electron chi connectivity index (χ3n) is 2.85. The van der Waals surface area contributed by atoms with E-state index in [2.05, 4.69) is 20.0 Å². The molecule has 1 unspecified atom stereocenters. The van der Waals surface area contributed by atoms with Gasteiger partial charge >= 0.3 is 0 Å². The van der Waals surface area contributed by atoms with Gasteiger partial charge in [-0.25, -0.2) is 4.98 Å². The van der Waals surface area contributed by atoms with Crippen LogP contribution in [0.5, 0.6) is 5.88 Å². The molecule has 6 nitrogen and oxygen atoms in total. The van der Waals surface area contributed by atoms with Gasteiger partial charge in [0.05, 0.1) is 0 Å². The van der Waals surface area contributed by atoms with Gasteiger partial charge in [-0.2, -0.15) is 11.8 Å². The van der Waals surface area contributed by atoms with E-state index in [4.69, 9.17) is 4.74 Å². The molecule has 0 aliphatic carbocycles. The molecule has 0 spiro atoms. The molecule has 2 aromatic rings. The lowest BCUT2D eigenvalue weighted by Crippen LogP contribution is -2.17. The molecule has 7 heteroatoms. The van der Waals surface area contributed by atoms with Crippen molar-refractivity contribution in [2.45, 2.75) is 12.5 Å². The molecule has 3 heterocycles. The average molecular weight is 291 g/mol. The van der Waals surface area contributed by atoms with Crippen LogP contribution in [0.3, 0.4) is 0 Å². The topological polar surface area (TPSA) is 77.3 Å². The van der Waals surface area contributed by atoms with Crippen LogP contribution in [0.15, 0.2) is 35.2 Å². The molecule has 0 bridgehead atoms. The van der Waals surface area contributed by atoms with Crippen LogP contribution < -0.4 is 10.1 Å². The predicted molar refractivity (Wildman–Crippen MR) is 75.1 cm³/mol. The van der Waals surface area contributed by atoms with Crippen molar-refractivity contribution in [2.75, 3.05) is 16.8 Å². The van der Waals surface area contributed by atoms with Gasteiger partial charge in [-0.3, -0.25) is 4.79 Å². The Kier molecular flexibility index (Phi) is 3.87. The molecule has 0 aromatic carbocycles. The quantitative estimate of drug-likeness (QED) is 0.930. The average Bonchev–Trinajstić information content (AvgIpc) is 3.12. The Hall–Kier alpha value is -2.02. The summed E-state index contributed by atoms with van der Waals surface area (Å²) < 4.78 is 10.4. The van der Waals surface area contributed by atoms with E-state index in [1.54, 1.807) is 24.4 Å². The Morgan fingerprint density at radius 3 is 3.20 bits per heavy atom. The number of hydrogen-bond donors (Lipinski definition) is 1. The molecule has 1 amide bonds. The lowest BCUT2D eigenvalue weighted by atomic mass is 10.2. The third kappa shape index (κ3) is 3.11. The summed E-state index contributed by atoms with van der Waals surface area (Å²) in [7, 11) is 0. The van der Waals surface area contributed by atoms with Gasteiger partial charge < -0.3 is 14.6 Å². The first-order chi connectivity index (χ1) is 9.81. The fourth-order valence-electron chi connectivity index (χ4n) is 1.86. The fraction of sp³-hybridized carbons (Fsp3) is 0.308. The van der Waals surface area contributed by atoms with Crippen molar-refractivity contribution in [3.63, 3.8) is 0 Å². The van der Waals surface area contributed by atoms with Gasteiger partial charge in [-0.05, 0) is 18.2 Å². The maximum atomic E-state index is 12.0. The standard InChI is InChI=1S/C13H13N3O3S/c17-13(15-11-2-5-18-16-11)9-1-4-14-12(7-9)19-10-3-6-20-8-10/h1-2,4-5,7,10H,3,6,8H2,(H,15,16,17). The normalized spacial score (nSPS) is 17.9. The van der Waals surface area contributed by atoms with Crippen LogP contribution in [0.1, 0.15) is 16.8 Å². The van der Waals surface area contributed by atoms with E-state index in [0.29, 0.717) is 17.3 Å². The number of rotatable bonds is 4.